The lowest BCUT2D eigenvalue weighted by Gasteiger charge is -2.34. The van der Waals surface area contributed by atoms with Crippen LogP contribution in [-0.4, -0.2) is 51.9 Å². The summed E-state index contributed by atoms with van der Waals surface area (Å²) in [7, 11) is 0. The highest BCUT2D eigenvalue weighted by Crippen LogP contribution is 2.14. The fourth-order valence-electron chi connectivity index (χ4n) is 3.10. The summed E-state index contributed by atoms with van der Waals surface area (Å²) in [6.45, 7) is 9.97. The van der Waals surface area contributed by atoms with E-state index in [-0.39, 0.29) is 5.91 Å². The van der Waals surface area contributed by atoms with Crippen molar-refractivity contribution < 1.29 is 4.79 Å². The summed E-state index contributed by atoms with van der Waals surface area (Å²) in [5, 5.41) is 0. The smallest absolute Gasteiger partial charge is 0.246 e. The van der Waals surface area contributed by atoms with Gasteiger partial charge < -0.3 is 4.90 Å². The van der Waals surface area contributed by atoms with Crippen molar-refractivity contribution in [1.82, 2.24) is 19.8 Å². The number of rotatable bonds is 4. The van der Waals surface area contributed by atoms with E-state index in [0.29, 0.717) is 0 Å². The normalized spacial score (nSPS) is 15.5. The van der Waals surface area contributed by atoms with Gasteiger partial charge in [0.05, 0.1) is 22.8 Å². The van der Waals surface area contributed by atoms with Gasteiger partial charge in [-0.15, -0.1) is 0 Å². The summed E-state index contributed by atoms with van der Waals surface area (Å²) >= 11 is 3.42. The fourth-order valence-corrected chi connectivity index (χ4v) is 3.36. The highest BCUT2D eigenvalue weighted by atomic mass is 79.9. The number of aromatic nitrogens is 2. The predicted molar refractivity (Wildman–Crippen MR) is 111 cm³/mol. The number of aryl methyl sites for hydroxylation is 3. The second kappa shape index (κ2) is 8.76. The average molecular weight is 429 g/mol. The molecule has 3 rings (SSSR count). The van der Waals surface area contributed by atoms with E-state index in [0.717, 1.165) is 65.5 Å². The third kappa shape index (κ3) is 5.23. The van der Waals surface area contributed by atoms with Crippen LogP contribution in [0.3, 0.4) is 0 Å². The first-order valence-corrected chi connectivity index (χ1v) is 9.97. The second-order valence-corrected chi connectivity index (χ2v) is 7.83. The van der Waals surface area contributed by atoms with Crippen LogP contribution >= 0.6 is 15.9 Å². The molecular formula is C21H25BrN4O. The van der Waals surface area contributed by atoms with E-state index in [1.807, 2.05) is 56.0 Å². The van der Waals surface area contributed by atoms with E-state index >= 15 is 0 Å². The molecule has 2 heterocycles. The Morgan fingerprint density at radius 1 is 1.00 bits per heavy atom. The molecule has 0 atom stereocenters. The standard InChI is InChI=1S/C21H25BrN4O/c1-15-16(2)24-20(17(3)23-15)14-25-10-12-26(13-11-25)21(27)9-6-18-4-7-19(22)8-5-18/h4-9H,10-14H2,1-3H3/b9-6+. The molecule has 0 bridgehead atoms. The molecule has 1 aliphatic heterocycles. The molecule has 1 saturated heterocycles. The summed E-state index contributed by atoms with van der Waals surface area (Å²) in [6.07, 6.45) is 3.53. The summed E-state index contributed by atoms with van der Waals surface area (Å²) < 4.78 is 1.03. The molecule has 0 spiro atoms. The minimum Gasteiger partial charge on any atom is -0.337 e. The molecule has 1 aliphatic rings. The number of piperazine rings is 1. The van der Waals surface area contributed by atoms with Crippen LogP contribution in [0, 0.1) is 20.8 Å². The van der Waals surface area contributed by atoms with E-state index in [9.17, 15) is 4.79 Å². The molecule has 6 heteroatoms. The Balaban J connectivity index is 1.53. The lowest BCUT2D eigenvalue weighted by atomic mass is 10.2. The van der Waals surface area contributed by atoms with Gasteiger partial charge in [0.15, 0.2) is 0 Å². The summed E-state index contributed by atoms with van der Waals surface area (Å²) in [4.78, 5) is 25.9. The average Bonchev–Trinajstić information content (AvgIpc) is 2.66. The molecule has 1 fully saturated rings. The number of nitrogens with zero attached hydrogens (tertiary/aromatic N) is 4. The first-order chi connectivity index (χ1) is 12.9. The van der Waals surface area contributed by atoms with Crippen molar-refractivity contribution in [3.63, 3.8) is 0 Å². The topological polar surface area (TPSA) is 49.3 Å². The molecular weight excluding hydrogens is 404 g/mol. The third-order valence-corrected chi connectivity index (χ3v) is 5.45. The molecule has 142 valence electrons. The van der Waals surface area contributed by atoms with Crippen molar-refractivity contribution in [2.45, 2.75) is 27.3 Å². The maximum atomic E-state index is 12.4. The van der Waals surface area contributed by atoms with Crippen molar-refractivity contribution in [2.75, 3.05) is 26.2 Å². The van der Waals surface area contributed by atoms with Gasteiger partial charge >= 0.3 is 0 Å². The zero-order valence-corrected chi connectivity index (χ0v) is 17.7. The molecule has 2 aromatic rings. The van der Waals surface area contributed by atoms with Gasteiger partial charge in [0.1, 0.15) is 0 Å². The number of hydrogen-bond donors (Lipinski definition) is 0. The van der Waals surface area contributed by atoms with Crippen LogP contribution in [0.5, 0.6) is 0 Å². The summed E-state index contributed by atoms with van der Waals surface area (Å²) in [5.74, 6) is 0.0692. The van der Waals surface area contributed by atoms with Gasteiger partial charge in [-0.3, -0.25) is 19.7 Å². The zero-order chi connectivity index (χ0) is 19.4. The maximum absolute atomic E-state index is 12.4. The number of halogens is 1. The quantitative estimate of drug-likeness (QED) is 0.698. The number of amides is 1. The van der Waals surface area contributed by atoms with Crippen LogP contribution in [0.4, 0.5) is 0 Å². The first kappa shape index (κ1) is 19.7. The van der Waals surface area contributed by atoms with Crippen molar-refractivity contribution >= 4 is 27.9 Å². The van der Waals surface area contributed by atoms with Gasteiger partial charge in [0.2, 0.25) is 5.91 Å². The highest BCUT2D eigenvalue weighted by Gasteiger charge is 2.20. The van der Waals surface area contributed by atoms with Crippen LogP contribution in [0.15, 0.2) is 34.8 Å². The molecule has 1 aromatic heterocycles. The van der Waals surface area contributed by atoms with Crippen LogP contribution in [0.2, 0.25) is 0 Å². The Bertz CT molecular complexity index is 840. The minimum absolute atomic E-state index is 0.0692. The predicted octanol–water partition coefficient (Wildman–Crippen LogP) is 3.52. The maximum Gasteiger partial charge on any atom is 0.246 e. The van der Waals surface area contributed by atoms with Crippen LogP contribution < -0.4 is 0 Å². The van der Waals surface area contributed by atoms with Crippen molar-refractivity contribution in [3.8, 4) is 0 Å². The summed E-state index contributed by atoms with van der Waals surface area (Å²) in [5.41, 5.74) is 5.03. The van der Waals surface area contributed by atoms with Gasteiger partial charge in [-0.2, -0.15) is 0 Å². The summed E-state index contributed by atoms with van der Waals surface area (Å²) in [6, 6.07) is 7.92. The van der Waals surface area contributed by atoms with E-state index < -0.39 is 0 Å². The van der Waals surface area contributed by atoms with E-state index in [2.05, 4.69) is 25.8 Å². The lowest BCUT2D eigenvalue weighted by Crippen LogP contribution is -2.48. The Labute approximate surface area is 169 Å². The Morgan fingerprint density at radius 2 is 1.63 bits per heavy atom. The van der Waals surface area contributed by atoms with Gasteiger partial charge in [-0.1, -0.05) is 28.1 Å². The number of benzene rings is 1. The van der Waals surface area contributed by atoms with Crippen molar-refractivity contribution in [1.29, 1.82) is 0 Å². The van der Waals surface area contributed by atoms with Crippen molar-refractivity contribution in [3.05, 3.63) is 63.2 Å². The Kier molecular flexibility index (Phi) is 6.39. The lowest BCUT2D eigenvalue weighted by molar-refractivity contribution is -0.127. The van der Waals surface area contributed by atoms with Gasteiger partial charge in [-0.25, -0.2) is 0 Å². The van der Waals surface area contributed by atoms with E-state index in [1.54, 1.807) is 6.08 Å². The molecule has 0 radical (unpaired) electrons. The SMILES string of the molecule is Cc1nc(C)c(CN2CCN(C(=O)/C=C/c3ccc(Br)cc3)CC2)nc1C. The van der Waals surface area contributed by atoms with Crippen LogP contribution in [0.1, 0.15) is 28.3 Å². The van der Waals surface area contributed by atoms with Gasteiger partial charge in [0.25, 0.3) is 0 Å². The number of carbonyl (C=O) groups is 1. The first-order valence-electron chi connectivity index (χ1n) is 9.18. The second-order valence-electron chi connectivity index (χ2n) is 6.91. The molecule has 1 amide bonds. The highest BCUT2D eigenvalue weighted by molar-refractivity contribution is 9.10. The largest absolute Gasteiger partial charge is 0.337 e. The minimum atomic E-state index is 0.0692. The molecule has 0 unspecified atom stereocenters. The Hall–Kier alpha value is -2.05. The molecule has 5 nitrogen and oxygen atoms in total. The molecule has 1 aromatic carbocycles. The third-order valence-electron chi connectivity index (χ3n) is 4.93. The monoisotopic (exact) mass is 428 g/mol. The fraction of sp³-hybridized carbons (Fsp3) is 0.381. The molecule has 0 aliphatic carbocycles. The van der Waals surface area contributed by atoms with E-state index in [1.165, 1.54) is 0 Å². The van der Waals surface area contributed by atoms with Crippen LogP contribution in [-0.2, 0) is 11.3 Å². The van der Waals surface area contributed by atoms with Gasteiger partial charge in [-0.05, 0) is 44.5 Å². The Morgan fingerprint density at radius 3 is 2.30 bits per heavy atom. The van der Waals surface area contributed by atoms with Crippen LogP contribution in [0.25, 0.3) is 6.08 Å². The zero-order valence-electron chi connectivity index (χ0n) is 16.1. The number of hydrogen-bond acceptors (Lipinski definition) is 4. The van der Waals surface area contributed by atoms with Crippen molar-refractivity contribution in [2.24, 2.45) is 0 Å². The number of carbonyl (C=O) groups excluding carboxylic acids is 1. The molecule has 0 N–H and O–H groups in total. The molecule has 0 saturated carbocycles. The van der Waals surface area contributed by atoms with Gasteiger partial charge in [0, 0.05) is 43.3 Å². The van der Waals surface area contributed by atoms with E-state index in [4.69, 9.17) is 4.98 Å². The molecule has 27 heavy (non-hydrogen) atoms.